The van der Waals surface area contributed by atoms with Gasteiger partial charge in [-0.25, -0.2) is 0 Å². The number of hydrogen-bond acceptors (Lipinski definition) is 2. The predicted octanol–water partition coefficient (Wildman–Crippen LogP) is 2.89. The van der Waals surface area contributed by atoms with Crippen LogP contribution in [0.15, 0.2) is 0 Å². The molecule has 0 spiro atoms. The maximum absolute atomic E-state index is 12.5. The maximum Gasteiger partial charge on any atom is 0.144 e. The first-order valence-corrected chi connectivity index (χ1v) is 6.81. The zero-order valence-corrected chi connectivity index (χ0v) is 11.9. The van der Waals surface area contributed by atoms with Gasteiger partial charge >= 0.3 is 0 Å². The molecule has 5 unspecified atom stereocenters. The summed E-state index contributed by atoms with van der Waals surface area (Å²) >= 11 is 0. The quantitative estimate of drug-likeness (QED) is 0.762. The van der Waals surface area contributed by atoms with Crippen LogP contribution >= 0.6 is 0 Å². The van der Waals surface area contributed by atoms with E-state index in [1.54, 1.807) is 0 Å². The van der Waals surface area contributed by atoms with Crippen LogP contribution in [0.4, 0.5) is 0 Å². The lowest BCUT2D eigenvalue weighted by molar-refractivity contribution is -0.201. The first-order chi connectivity index (χ1) is 7.58. The van der Waals surface area contributed by atoms with Crippen molar-refractivity contribution in [3.63, 3.8) is 0 Å². The molecule has 2 bridgehead atoms. The normalized spacial score (nSPS) is 44.1. The van der Waals surface area contributed by atoms with Crippen LogP contribution in [-0.2, 0) is 4.79 Å². The first kappa shape index (κ1) is 13.1. The van der Waals surface area contributed by atoms with E-state index >= 15 is 0 Å². The van der Waals surface area contributed by atoms with Crippen molar-refractivity contribution >= 4 is 5.78 Å². The second-order valence-corrected chi connectivity index (χ2v) is 7.76. The maximum atomic E-state index is 12.5. The summed E-state index contributed by atoms with van der Waals surface area (Å²) in [5.74, 6) is 1.32. The highest BCUT2D eigenvalue weighted by Gasteiger charge is 2.63. The van der Waals surface area contributed by atoms with Gasteiger partial charge in [0, 0.05) is 11.3 Å². The Balaban J connectivity index is 2.30. The van der Waals surface area contributed by atoms with E-state index in [-0.39, 0.29) is 28.4 Å². The summed E-state index contributed by atoms with van der Waals surface area (Å²) in [5.41, 5.74) is -0.117. The number of carbonyl (C=O) groups is 1. The molecule has 2 nitrogen and oxygen atoms in total. The van der Waals surface area contributed by atoms with Gasteiger partial charge in [0.2, 0.25) is 0 Å². The van der Waals surface area contributed by atoms with E-state index in [9.17, 15) is 9.90 Å². The van der Waals surface area contributed by atoms with E-state index in [0.29, 0.717) is 11.8 Å². The van der Waals surface area contributed by atoms with Crippen LogP contribution in [0.25, 0.3) is 0 Å². The Morgan fingerprint density at radius 2 is 1.76 bits per heavy atom. The van der Waals surface area contributed by atoms with E-state index < -0.39 is 6.10 Å². The Labute approximate surface area is 105 Å². The number of Topliss-reactive ketones (excluding diaryl/α,β-unsaturated/α-hetero) is 1. The third-order valence-electron chi connectivity index (χ3n) is 5.44. The summed E-state index contributed by atoms with van der Waals surface area (Å²) < 4.78 is 0. The van der Waals surface area contributed by atoms with E-state index in [2.05, 4.69) is 20.8 Å². The summed E-state index contributed by atoms with van der Waals surface area (Å²) in [4.78, 5) is 12.5. The summed E-state index contributed by atoms with van der Waals surface area (Å²) in [7, 11) is 0. The van der Waals surface area contributed by atoms with Crippen LogP contribution in [-0.4, -0.2) is 17.0 Å². The highest BCUT2D eigenvalue weighted by molar-refractivity contribution is 5.87. The predicted molar refractivity (Wildman–Crippen MR) is 68.5 cm³/mol. The van der Waals surface area contributed by atoms with Crippen LogP contribution in [0, 0.1) is 34.5 Å². The van der Waals surface area contributed by atoms with E-state index in [1.165, 1.54) is 0 Å². The lowest BCUT2D eigenvalue weighted by atomic mass is 9.41. The van der Waals surface area contributed by atoms with Gasteiger partial charge in [0.1, 0.15) is 5.78 Å². The number of aliphatic hydroxyl groups is 1. The van der Waals surface area contributed by atoms with Crippen molar-refractivity contribution in [3.8, 4) is 0 Å². The summed E-state index contributed by atoms with van der Waals surface area (Å²) in [5, 5.41) is 10.4. The zero-order valence-electron chi connectivity index (χ0n) is 11.9. The van der Waals surface area contributed by atoms with E-state index in [1.807, 2.05) is 20.8 Å². The summed E-state index contributed by atoms with van der Waals surface area (Å²) in [6.45, 7) is 12.5. The number of aliphatic hydroxyl groups excluding tert-OH is 1. The smallest absolute Gasteiger partial charge is 0.144 e. The fraction of sp³-hybridized carbons (Fsp3) is 0.933. The van der Waals surface area contributed by atoms with Gasteiger partial charge in [-0.2, -0.15) is 0 Å². The number of rotatable bonds is 1. The second kappa shape index (κ2) is 3.57. The van der Waals surface area contributed by atoms with Crippen molar-refractivity contribution in [2.45, 2.75) is 54.1 Å². The van der Waals surface area contributed by atoms with Crippen molar-refractivity contribution in [2.75, 3.05) is 0 Å². The van der Waals surface area contributed by atoms with Crippen molar-refractivity contribution < 1.29 is 9.90 Å². The molecule has 0 radical (unpaired) electrons. The van der Waals surface area contributed by atoms with Crippen molar-refractivity contribution in [3.05, 3.63) is 0 Å². The number of hydrogen-bond donors (Lipinski definition) is 1. The molecule has 1 N–H and O–H groups in total. The Bertz CT molecular complexity index is 337. The molecule has 2 heteroatoms. The standard InChI is InChI=1S/C15H26O2/c1-8-9-7-10(15(9,5)6)11(12(8)16)13(17)14(2,3)4/h8-12,16H,7H2,1-6H3. The Morgan fingerprint density at radius 3 is 2.18 bits per heavy atom. The molecule has 0 heterocycles. The molecule has 0 aromatic rings. The van der Waals surface area contributed by atoms with Gasteiger partial charge in [-0.05, 0) is 29.6 Å². The van der Waals surface area contributed by atoms with E-state index in [0.717, 1.165) is 6.42 Å². The lowest BCUT2D eigenvalue weighted by Crippen LogP contribution is -2.64. The first-order valence-electron chi connectivity index (χ1n) is 6.81. The van der Waals surface area contributed by atoms with Gasteiger partial charge in [0.05, 0.1) is 6.10 Å². The molecule has 98 valence electrons. The number of ketones is 1. The molecular formula is C15H26O2. The largest absolute Gasteiger partial charge is 0.392 e. The van der Waals surface area contributed by atoms with Crippen molar-refractivity contribution in [1.82, 2.24) is 0 Å². The molecule has 0 aromatic carbocycles. The minimum absolute atomic E-state index is 0.148. The van der Waals surface area contributed by atoms with Crippen LogP contribution in [0.2, 0.25) is 0 Å². The van der Waals surface area contributed by atoms with Crippen LogP contribution in [0.5, 0.6) is 0 Å². The minimum atomic E-state index is -0.432. The zero-order chi connectivity index (χ0) is 13.2. The topological polar surface area (TPSA) is 37.3 Å². The molecule has 3 fully saturated rings. The van der Waals surface area contributed by atoms with E-state index in [4.69, 9.17) is 0 Å². The molecule has 0 aromatic heterocycles. The highest BCUT2D eigenvalue weighted by Crippen LogP contribution is 2.64. The molecule has 0 amide bonds. The fourth-order valence-electron chi connectivity index (χ4n) is 4.14. The lowest BCUT2D eigenvalue weighted by Gasteiger charge is -2.64. The number of carbonyl (C=O) groups excluding carboxylic acids is 1. The van der Waals surface area contributed by atoms with Gasteiger partial charge in [-0.15, -0.1) is 0 Å². The monoisotopic (exact) mass is 238 g/mol. The molecule has 0 saturated heterocycles. The Morgan fingerprint density at radius 1 is 1.24 bits per heavy atom. The average molecular weight is 238 g/mol. The molecule has 3 saturated carbocycles. The molecule has 3 rings (SSSR count). The highest BCUT2D eigenvalue weighted by atomic mass is 16.3. The SMILES string of the molecule is CC1C(O)C(C(=O)C(C)(C)C)C2CC1C2(C)C. The Kier molecular flexibility index (Phi) is 2.74. The van der Waals surface area contributed by atoms with Gasteiger partial charge in [-0.1, -0.05) is 41.5 Å². The van der Waals surface area contributed by atoms with Crippen molar-refractivity contribution in [2.24, 2.45) is 34.5 Å². The van der Waals surface area contributed by atoms with Gasteiger partial charge < -0.3 is 5.11 Å². The van der Waals surface area contributed by atoms with Crippen LogP contribution < -0.4 is 0 Å². The second-order valence-electron chi connectivity index (χ2n) is 7.76. The van der Waals surface area contributed by atoms with Crippen LogP contribution in [0.1, 0.15) is 48.0 Å². The number of fused-ring (bicyclic) bond motifs is 2. The third-order valence-corrected chi connectivity index (χ3v) is 5.44. The third kappa shape index (κ3) is 1.68. The molecule has 0 aliphatic heterocycles. The summed E-state index contributed by atoms with van der Waals surface area (Å²) in [6.07, 6.45) is 0.691. The minimum Gasteiger partial charge on any atom is -0.392 e. The molecule has 3 aliphatic carbocycles. The Hall–Kier alpha value is -0.370. The van der Waals surface area contributed by atoms with Gasteiger partial charge in [0.15, 0.2) is 0 Å². The molecule has 17 heavy (non-hydrogen) atoms. The van der Waals surface area contributed by atoms with Gasteiger partial charge in [-0.3, -0.25) is 4.79 Å². The molecular weight excluding hydrogens is 212 g/mol. The van der Waals surface area contributed by atoms with Crippen molar-refractivity contribution in [1.29, 1.82) is 0 Å². The fourth-order valence-corrected chi connectivity index (χ4v) is 4.14. The van der Waals surface area contributed by atoms with Gasteiger partial charge in [0.25, 0.3) is 0 Å². The van der Waals surface area contributed by atoms with Crippen LogP contribution in [0.3, 0.4) is 0 Å². The average Bonchev–Trinajstić information content (AvgIpc) is 2.18. The summed E-state index contributed by atoms with van der Waals surface area (Å²) in [6, 6.07) is 0. The molecule has 3 aliphatic rings. The molecule has 5 atom stereocenters.